The number of hydrogen-bond acceptors (Lipinski definition) is 1. The molecule has 2 unspecified atom stereocenters. The zero-order valence-electron chi connectivity index (χ0n) is 7.06. The van der Waals surface area contributed by atoms with Crippen LogP contribution in [0.1, 0.15) is 26.2 Å². The van der Waals surface area contributed by atoms with E-state index in [2.05, 4.69) is 0 Å². The Balaban J connectivity index is 2.35. The van der Waals surface area contributed by atoms with Crippen LogP contribution in [0.15, 0.2) is 0 Å². The minimum absolute atomic E-state index is 0.0895. The first kappa shape index (κ1) is 9.84. The van der Waals surface area contributed by atoms with Gasteiger partial charge in [0.05, 0.1) is 0 Å². The average Bonchev–Trinajstić information content (AvgIpc) is 1.77. The fraction of sp³-hybridized carbons (Fsp3) is 1.00. The van der Waals surface area contributed by atoms with Crippen molar-refractivity contribution in [2.75, 3.05) is 0 Å². The Labute approximate surface area is 70.1 Å². The van der Waals surface area contributed by atoms with Crippen LogP contribution in [0.5, 0.6) is 0 Å². The Kier molecular flexibility index (Phi) is 2.66. The molecule has 1 aliphatic carbocycles. The third kappa shape index (κ3) is 2.37. The third-order valence-electron chi connectivity index (χ3n) is 2.65. The van der Waals surface area contributed by atoms with Crippen molar-refractivity contribution in [3.05, 3.63) is 0 Å². The van der Waals surface area contributed by atoms with Crippen molar-refractivity contribution in [1.82, 2.24) is 0 Å². The first-order chi connectivity index (χ1) is 5.40. The van der Waals surface area contributed by atoms with Crippen molar-refractivity contribution in [3.8, 4) is 0 Å². The molecule has 0 aromatic rings. The number of hydrogen-bond donors (Lipinski definition) is 1. The van der Waals surface area contributed by atoms with Gasteiger partial charge in [-0.05, 0) is 31.6 Å². The van der Waals surface area contributed by atoms with Gasteiger partial charge in [0.15, 0.2) is 0 Å². The van der Waals surface area contributed by atoms with E-state index in [1.54, 1.807) is 6.92 Å². The van der Waals surface area contributed by atoms with Crippen LogP contribution in [0.4, 0.5) is 13.2 Å². The van der Waals surface area contributed by atoms with Crippen LogP contribution >= 0.6 is 0 Å². The minimum Gasteiger partial charge on any atom is -0.328 e. The van der Waals surface area contributed by atoms with Gasteiger partial charge in [0.2, 0.25) is 0 Å². The van der Waals surface area contributed by atoms with Crippen LogP contribution in [-0.2, 0) is 0 Å². The Bertz CT molecular complexity index is 153. The fourth-order valence-corrected chi connectivity index (χ4v) is 1.84. The van der Waals surface area contributed by atoms with Gasteiger partial charge in [-0.15, -0.1) is 0 Å². The first-order valence-electron chi connectivity index (χ1n) is 4.22. The van der Waals surface area contributed by atoms with Crippen LogP contribution < -0.4 is 5.73 Å². The molecule has 0 bridgehead atoms. The predicted molar refractivity (Wildman–Crippen MR) is 40.5 cm³/mol. The van der Waals surface area contributed by atoms with E-state index in [0.717, 1.165) is 6.42 Å². The maximum absolute atomic E-state index is 11.9. The molecule has 0 aromatic heterocycles. The normalized spacial score (nSPS) is 32.8. The summed E-state index contributed by atoms with van der Waals surface area (Å²) in [7, 11) is 0. The molecule has 3 atom stereocenters. The van der Waals surface area contributed by atoms with Gasteiger partial charge >= 0.3 is 6.18 Å². The van der Waals surface area contributed by atoms with E-state index in [9.17, 15) is 13.2 Å². The molecule has 0 aliphatic heterocycles. The molecule has 0 spiro atoms. The van der Waals surface area contributed by atoms with E-state index in [1.807, 2.05) is 0 Å². The van der Waals surface area contributed by atoms with Gasteiger partial charge < -0.3 is 5.73 Å². The van der Waals surface area contributed by atoms with E-state index < -0.39 is 12.6 Å². The number of halogens is 3. The van der Waals surface area contributed by atoms with Crippen molar-refractivity contribution >= 4 is 0 Å². The molecule has 0 radical (unpaired) electrons. The van der Waals surface area contributed by atoms with Crippen LogP contribution in [0, 0.1) is 11.8 Å². The summed E-state index contributed by atoms with van der Waals surface area (Å²) in [4.78, 5) is 0. The van der Waals surface area contributed by atoms with Gasteiger partial charge in [-0.2, -0.15) is 13.2 Å². The minimum atomic E-state index is -4.02. The molecule has 0 saturated heterocycles. The molecule has 1 aliphatic rings. The zero-order chi connectivity index (χ0) is 9.35. The van der Waals surface area contributed by atoms with Gasteiger partial charge in [-0.25, -0.2) is 0 Å². The molecule has 0 amide bonds. The van der Waals surface area contributed by atoms with Crippen molar-refractivity contribution in [2.24, 2.45) is 17.6 Å². The summed E-state index contributed by atoms with van der Waals surface area (Å²) in [6, 6.07) is -0.0916. The topological polar surface area (TPSA) is 26.0 Å². The summed E-state index contributed by atoms with van der Waals surface area (Å²) in [6.07, 6.45) is -3.12. The highest BCUT2D eigenvalue weighted by Gasteiger charge is 2.41. The summed E-state index contributed by atoms with van der Waals surface area (Å²) in [5, 5.41) is 0. The molecule has 4 heteroatoms. The van der Waals surface area contributed by atoms with Crippen LogP contribution in [0.2, 0.25) is 0 Å². The highest BCUT2D eigenvalue weighted by atomic mass is 19.4. The van der Waals surface area contributed by atoms with E-state index in [0.29, 0.717) is 6.42 Å². The average molecular weight is 181 g/mol. The quantitative estimate of drug-likeness (QED) is 0.695. The van der Waals surface area contributed by atoms with Gasteiger partial charge in [-0.3, -0.25) is 0 Å². The maximum atomic E-state index is 11.9. The smallest absolute Gasteiger partial charge is 0.328 e. The Morgan fingerprint density at radius 1 is 1.42 bits per heavy atom. The summed E-state index contributed by atoms with van der Waals surface area (Å²) in [5.74, 6) is -0.128. The second-order valence-corrected chi connectivity index (χ2v) is 3.68. The molecule has 2 N–H and O–H groups in total. The summed E-state index contributed by atoms with van der Waals surface area (Å²) in [5.41, 5.74) is 5.54. The van der Waals surface area contributed by atoms with Gasteiger partial charge in [0, 0.05) is 12.5 Å². The highest BCUT2D eigenvalue weighted by molar-refractivity contribution is 4.87. The molecule has 1 saturated carbocycles. The molecule has 12 heavy (non-hydrogen) atoms. The summed E-state index contributed by atoms with van der Waals surface area (Å²) < 4.78 is 35.8. The van der Waals surface area contributed by atoms with E-state index in [1.165, 1.54) is 0 Å². The highest BCUT2D eigenvalue weighted by Crippen LogP contribution is 2.42. The molecule has 0 heterocycles. The summed E-state index contributed by atoms with van der Waals surface area (Å²) >= 11 is 0. The zero-order valence-corrected chi connectivity index (χ0v) is 7.06. The van der Waals surface area contributed by atoms with Gasteiger partial charge in [-0.1, -0.05) is 0 Å². The second kappa shape index (κ2) is 3.24. The molecule has 1 fully saturated rings. The summed E-state index contributed by atoms with van der Waals surface area (Å²) in [6.45, 7) is 1.78. The van der Waals surface area contributed by atoms with Crippen LogP contribution in [0.3, 0.4) is 0 Å². The first-order valence-corrected chi connectivity index (χ1v) is 4.22. The SMILES string of the molecule is CC(N)C1CC[C@H]1CC(F)(F)F. The largest absolute Gasteiger partial charge is 0.389 e. The Morgan fingerprint density at radius 3 is 2.25 bits per heavy atom. The van der Waals surface area contributed by atoms with Gasteiger partial charge in [0.25, 0.3) is 0 Å². The van der Waals surface area contributed by atoms with Crippen molar-refractivity contribution < 1.29 is 13.2 Å². The lowest BCUT2D eigenvalue weighted by Crippen LogP contribution is -2.41. The standard InChI is InChI=1S/C8H14F3N/c1-5(12)7-3-2-6(7)4-8(9,10)11/h5-7H,2-4,12H2,1H3/t5?,6-,7?/m0/s1. The van der Waals surface area contributed by atoms with Crippen molar-refractivity contribution in [3.63, 3.8) is 0 Å². The van der Waals surface area contributed by atoms with Crippen LogP contribution in [-0.4, -0.2) is 12.2 Å². The Morgan fingerprint density at radius 2 is 2.00 bits per heavy atom. The second-order valence-electron chi connectivity index (χ2n) is 3.68. The lowest BCUT2D eigenvalue weighted by molar-refractivity contribution is -0.157. The number of alkyl halides is 3. The van der Waals surface area contributed by atoms with Crippen LogP contribution in [0.25, 0.3) is 0 Å². The fourth-order valence-electron chi connectivity index (χ4n) is 1.84. The van der Waals surface area contributed by atoms with Gasteiger partial charge in [0.1, 0.15) is 0 Å². The molecule has 72 valence electrons. The number of rotatable bonds is 2. The molecule has 0 aromatic carbocycles. The predicted octanol–water partition coefficient (Wildman–Crippen LogP) is 2.31. The number of nitrogens with two attached hydrogens (primary N) is 1. The lowest BCUT2D eigenvalue weighted by Gasteiger charge is -2.39. The Hall–Kier alpha value is -0.250. The maximum Gasteiger partial charge on any atom is 0.389 e. The lowest BCUT2D eigenvalue weighted by atomic mass is 9.69. The monoisotopic (exact) mass is 181 g/mol. The molecule has 1 nitrogen and oxygen atoms in total. The third-order valence-corrected chi connectivity index (χ3v) is 2.65. The van der Waals surface area contributed by atoms with E-state index >= 15 is 0 Å². The molecule has 1 rings (SSSR count). The van der Waals surface area contributed by atoms with E-state index in [4.69, 9.17) is 5.73 Å². The molecular formula is C8H14F3N. The molecular weight excluding hydrogens is 167 g/mol. The van der Waals surface area contributed by atoms with Crippen molar-refractivity contribution in [1.29, 1.82) is 0 Å². The van der Waals surface area contributed by atoms with E-state index in [-0.39, 0.29) is 17.9 Å². The van der Waals surface area contributed by atoms with Crippen molar-refractivity contribution in [2.45, 2.75) is 38.4 Å².